The predicted octanol–water partition coefficient (Wildman–Crippen LogP) is 4.14. The summed E-state index contributed by atoms with van der Waals surface area (Å²) in [6, 6.07) is 0. The lowest BCUT2D eigenvalue weighted by atomic mass is 9.72. The molecule has 0 aromatic rings. The highest BCUT2D eigenvalue weighted by Crippen LogP contribution is 2.60. The Bertz CT molecular complexity index is 226. The van der Waals surface area contributed by atoms with Gasteiger partial charge in [0.25, 0.3) is 0 Å². The third kappa shape index (κ3) is 1.82. The van der Waals surface area contributed by atoms with Gasteiger partial charge in [0.05, 0.1) is 6.42 Å². The zero-order valence-corrected chi connectivity index (χ0v) is 9.50. The molecule has 0 radical (unpaired) electrons. The zero-order chi connectivity index (χ0) is 10.4. The second-order valence-corrected chi connectivity index (χ2v) is 5.43. The average Bonchev–Trinajstić information content (AvgIpc) is 2.60. The molecule has 0 saturated heterocycles. The van der Waals surface area contributed by atoms with Gasteiger partial charge in [0.2, 0.25) is 0 Å². The first-order valence-corrected chi connectivity index (χ1v) is 6.20. The maximum atomic E-state index is 12.4. The Kier molecular flexibility index (Phi) is 2.61. The van der Waals surface area contributed by atoms with Crippen LogP contribution in [0.15, 0.2) is 0 Å². The molecule has 0 aromatic carbocycles. The van der Waals surface area contributed by atoms with E-state index >= 15 is 0 Å². The van der Waals surface area contributed by atoms with Crippen molar-refractivity contribution in [2.75, 3.05) is 5.33 Å². The van der Waals surface area contributed by atoms with Gasteiger partial charge in [-0.05, 0) is 36.5 Å². The van der Waals surface area contributed by atoms with Crippen molar-refractivity contribution in [1.29, 1.82) is 0 Å². The highest BCUT2D eigenvalue weighted by atomic mass is 79.9. The van der Waals surface area contributed by atoms with Gasteiger partial charge in [0, 0.05) is 5.33 Å². The van der Waals surface area contributed by atoms with E-state index < -0.39 is 18.0 Å². The number of rotatable bonds is 2. The van der Waals surface area contributed by atoms with Gasteiger partial charge in [-0.3, -0.25) is 0 Å². The summed E-state index contributed by atoms with van der Waals surface area (Å²) in [4.78, 5) is 0. The number of hydrogen-bond donors (Lipinski definition) is 0. The fraction of sp³-hybridized carbons (Fsp3) is 1.00. The summed E-state index contributed by atoms with van der Waals surface area (Å²) in [5.74, 6) is 0.883. The molecule has 2 rings (SSSR count). The van der Waals surface area contributed by atoms with Crippen LogP contribution in [0.1, 0.15) is 32.1 Å². The van der Waals surface area contributed by atoms with Crippen LogP contribution in [0, 0.1) is 17.3 Å². The maximum absolute atomic E-state index is 12.4. The molecule has 3 atom stereocenters. The van der Waals surface area contributed by atoms with E-state index in [0.29, 0.717) is 17.2 Å². The average molecular weight is 271 g/mol. The molecule has 2 aliphatic rings. The van der Waals surface area contributed by atoms with Gasteiger partial charge in [0.1, 0.15) is 0 Å². The van der Waals surface area contributed by atoms with Crippen molar-refractivity contribution in [3.63, 3.8) is 0 Å². The molecule has 0 N–H and O–H groups in total. The molecule has 4 heteroatoms. The molecule has 0 spiro atoms. The van der Waals surface area contributed by atoms with Gasteiger partial charge in [-0.15, -0.1) is 0 Å². The first kappa shape index (κ1) is 10.8. The van der Waals surface area contributed by atoms with E-state index in [0.717, 1.165) is 25.7 Å². The topological polar surface area (TPSA) is 0 Å². The Labute approximate surface area is 90.4 Å². The molecule has 14 heavy (non-hydrogen) atoms. The van der Waals surface area contributed by atoms with Crippen molar-refractivity contribution in [3.8, 4) is 0 Å². The first-order chi connectivity index (χ1) is 6.45. The van der Waals surface area contributed by atoms with Crippen LogP contribution in [0.25, 0.3) is 0 Å². The summed E-state index contributed by atoms with van der Waals surface area (Å²) < 4.78 is 37.3. The third-order valence-corrected chi connectivity index (χ3v) is 5.04. The molecule has 2 aliphatic carbocycles. The number of hydrogen-bond acceptors (Lipinski definition) is 0. The van der Waals surface area contributed by atoms with Gasteiger partial charge < -0.3 is 0 Å². The van der Waals surface area contributed by atoms with Crippen LogP contribution >= 0.6 is 15.9 Å². The fourth-order valence-electron chi connectivity index (χ4n) is 3.38. The van der Waals surface area contributed by atoms with Crippen LogP contribution in [-0.4, -0.2) is 11.5 Å². The summed E-state index contributed by atoms with van der Waals surface area (Å²) >= 11 is 3.29. The van der Waals surface area contributed by atoms with Gasteiger partial charge in [-0.1, -0.05) is 22.4 Å². The Hall–Kier alpha value is 0.270. The fourth-order valence-corrected chi connectivity index (χ4v) is 4.27. The Morgan fingerprint density at radius 2 is 2.00 bits per heavy atom. The lowest BCUT2D eigenvalue weighted by Crippen LogP contribution is -2.34. The molecular weight excluding hydrogens is 257 g/mol. The quantitative estimate of drug-likeness (QED) is 0.662. The number of alkyl halides is 4. The smallest absolute Gasteiger partial charge is 0.171 e. The van der Waals surface area contributed by atoms with Crippen LogP contribution in [0.3, 0.4) is 0 Å². The van der Waals surface area contributed by atoms with Gasteiger partial charge in [-0.2, -0.15) is 13.2 Å². The Morgan fingerprint density at radius 1 is 1.29 bits per heavy atom. The summed E-state index contributed by atoms with van der Waals surface area (Å²) in [5.41, 5.74) is -0.471. The van der Waals surface area contributed by atoms with Crippen molar-refractivity contribution < 1.29 is 13.2 Å². The monoisotopic (exact) mass is 270 g/mol. The van der Waals surface area contributed by atoms with E-state index in [4.69, 9.17) is 0 Å². The van der Waals surface area contributed by atoms with E-state index in [2.05, 4.69) is 15.9 Å². The molecule has 2 saturated carbocycles. The van der Waals surface area contributed by atoms with Gasteiger partial charge in [0.15, 0.2) is 0 Å². The largest absolute Gasteiger partial charge is 0.389 e. The highest BCUT2D eigenvalue weighted by molar-refractivity contribution is 9.09. The van der Waals surface area contributed by atoms with Crippen LogP contribution in [0.4, 0.5) is 13.2 Å². The van der Waals surface area contributed by atoms with Crippen LogP contribution in [0.2, 0.25) is 0 Å². The molecular formula is C10H14BrF3. The minimum atomic E-state index is -4.00. The molecule has 82 valence electrons. The summed E-state index contributed by atoms with van der Waals surface area (Å²) in [6.45, 7) is 0. The van der Waals surface area contributed by atoms with Crippen LogP contribution in [-0.2, 0) is 0 Å². The summed E-state index contributed by atoms with van der Waals surface area (Å²) in [5, 5.41) is 0.515. The highest BCUT2D eigenvalue weighted by Gasteiger charge is 2.54. The molecule has 3 unspecified atom stereocenters. The normalized spacial score (nSPS) is 42.0. The molecule has 0 heterocycles. The number of halogens is 4. The first-order valence-electron chi connectivity index (χ1n) is 5.08. The van der Waals surface area contributed by atoms with Crippen LogP contribution in [0.5, 0.6) is 0 Å². The van der Waals surface area contributed by atoms with Crippen molar-refractivity contribution >= 4 is 15.9 Å². The van der Waals surface area contributed by atoms with E-state index in [-0.39, 0.29) is 0 Å². The standard InChI is InChI=1S/C10H14BrF3/c11-6-9(5-10(12,13)14)4-7-1-2-8(9)3-7/h7-8H,1-6H2. The van der Waals surface area contributed by atoms with Gasteiger partial charge >= 0.3 is 6.18 Å². The Balaban J connectivity index is 2.11. The summed E-state index contributed by atoms with van der Waals surface area (Å²) in [6.07, 6.45) is -0.627. The minimum absolute atomic E-state index is 0.313. The summed E-state index contributed by atoms with van der Waals surface area (Å²) in [7, 11) is 0. The van der Waals surface area contributed by atoms with E-state index in [1.54, 1.807) is 0 Å². The second kappa shape index (κ2) is 3.39. The minimum Gasteiger partial charge on any atom is -0.171 e. The van der Waals surface area contributed by atoms with Gasteiger partial charge in [-0.25, -0.2) is 0 Å². The number of fused-ring (bicyclic) bond motifs is 2. The second-order valence-electron chi connectivity index (χ2n) is 4.87. The van der Waals surface area contributed by atoms with Crippen molar-refractivity contribution in [1.82, 2.24) is 0 Å². The predicted molar refractivity (Wildman–Crippen MR) is 52.3 cm³/mol. The molecule has 2 bridgehead atoms. The molecule has 0 nitrogen and oxygen atoms in total. The third-order valence-electron chi connectivity index (χ3n) is 3.92. The van der Waals surface area contributed by atoms with Crippen molar-refractivity contribution in [2.24, 2.45) is 17.3 Å². The molecule has 0 amide bonds. The zero-order valence-electron chi connectivity index (χ0n) is 7.91. The molecule has 0 aromatic heterocycles. The SMILES string of the molecule is FC(F)(F)CC1(CBr)CC2CCC1C2. The lowest BCUT2D eigenvalue weighted by Gasteiger charge is -2.36. The van der Waals surface area contributed by atoms with E-state index in [9.17, 15) is 13.2 Å². The van der Waals surface area contributed by atoms with E-state index in [1.807, 2.05) is 0 Å². The van der Waals surface area contributed by atoms with Crippen molar-refractivity contribution in [3.05, 3.63) is 0 Å². The maximum Gasteiger partial charge on any atom is 0.389 e. The van der Waals surface area contributed by atoms with Crippen molar-refractivity contribution in [2.45, 2.75) is 38.3 Å². The molecule has 0 aliphatic heterocycles. The Morgan fingerprint density at radius 3 is 2.36 bits per heavy atom. The molecule has 2 fully saturated rings. The van der Waals surface area contributed by atoms with Crippen LogP contribution < -0.4 is 0 Å². The lowest BCUT2D eigenvalue weighted by molar-refractivity contribution is -0.161. The van der Waals surface area contributed by atoms with E-state index in [1.165, 1.54) is 0 Å².